The Balaban J connectivity index is 0.00000625. The van der Waals surface area contributed by atoms with Crippen LogP contribution in [0.25, 0.3) is 0 Å². The highest BCUT2D eigenvalue weighted by Gasteiger charge is 2.01. The van der Waals surface area contributed by atoms with Gasteiger partial charge in [0.2, 0.25) is 0 Å². The summed E-state index contributed by atoms with van der Waals surface area (Å²) in [4.78, 5) is 15.5. The number of aryl methyl sites for hydroxylation is 1. The number of rotatable bonds is 10. The van der Waals surface area contributed by atoms with Crippen molar-refractivity contribution in [3.05, 3.63) is 35.1 Å². The number of methoxy groups -OCH3 is 1. The molecule has 0 atom stereocenters. The zero-order valence-corrected chi connectivity index (χ0v) is 18.3. The van der Waals surface area contributed by atoms with Gasteiger partial charge in [-0.1, -0.05) is 25.0 Å². The number of halogens is 2. The van der Waals surface area contributed by atoms with Crippen LogP contribution in [0.5, 0.6) is 0 Å². The second-order valence-corrected chi connectivity index (χ2v) is 5.95. The van der Waals surface area contributed by atoms with Crippen molar-refractivity contribution in [2.75, 3.05) is 20.2 Å². The smallest absolute Gasteiger partial charge is 0.305 e. The molecule has 0 aliphatic heterocycles. The second-order valence-electron chi connectivity index (χ2n) is 5.95. The quantitative estimate of drug-likeness (QED) is 0.176. The molecule has 0 spiro atoms. The topological polar surface area (TPSA) is 62.7 Å². The molecule has 1 aromatic rings. The Labute approximate surface area is 173 Å². The van der Waals surface area contributed by atoms with Gasteiger partial charge in [-0.2, -0.15) is 0 Å². The molecule has 0 unspecified atom stereocenters. The van der Waals surface area contributed by atoms with Crippen LogP contribution in [0.4, 0.5) is 4.39 Å². The molecule has 0 amide bonds. The van der Waals surface area contributed by atoms with Crippen molar-refractivity contribution >= 4 is 35.9 Å². The zero-order valence-electron chi connectivity index (χ0n) is 15.9. The molecule has 1 rings (SSSR count). The number of nitrogens with one attached hydrogen (secondary N) is 2. The van der Waals surface area contributed by atoms with Crippen LogP contribution in [0.3, 0.4) is 0 Å². The van der Waals surface area contributed by atoms with Crippen LogP contribution >= 0.6 is 24.0 Å². The first-order valence-electron chi connectivity index (χ1n) is 8.90. The molecule has 1 aromatic carbocycles. The van der Waals surface area contributed by atoms with Gasteiger partial charge in [-0.3, -0.25) is 4.79 Å². The van der Waals surface area contributed by atoms with Gasteiger partial charge in [-0.05, 0) is 43.9 Å². The van der Waals surface area contributed by atoms with Crippen molar-refractivity contribution in [2.24, 2.45) is 4.99 Å². The normalized spacial score (nSPS) is 10.8. The molecule has 0 fully saturated rings. The minimum Gasteiger partial charge on any atom is -0.469 e. The maximum atomic E-state index is 13.3. The Kier molecular flexibility index (Phi) is 14.0. The summed E-state index contributed by atoms with van der Waals surface area (Å²) in [5.41, 5.74) is 1.62. The molecule has 0 aliphatic carbocycles. The minimum absolute atomic E-state index is 0. The van der Waals surface area contributed by atoms with Gasteiger partial charge in [-0.15, -0.1) is 24.0 Å². The van der Waals surface area contributed by atoms with Crippen molar-refractivity contribution in [1.82, 2.24) is 10.6 Å². The van der Waals surface area contributed by atoms with Gasteiger partial charge in [0.25, 0.3) is 0 Å². The third-order valence-electron chi connectivity index (χ3n) is 3.81. The number of aliphatic imine (C=N–C) groups is 1. The molecule has 7 heteroatoms. The standard InChI is InChI=1S/C19H30FN3O2.HI/c1-4-21-19(22-12-8-6-5-7-9-18(24)25-3)23-14-16-10-11-17(20)15(2)13-16;/h10-11,13H,4-9,12,14H2,1-3H3,(H2,21,22,23);1H. The summed E-state index contributed by atoms with van der Waals surface area (Å²) in [6.07, 6.45) is 4.44. The van der Waals surface area contributed by atoms with Crippen molar-refractivity contribution in [1.29, 1.82) is 0 Å². The average molecular weight is 479 g/mol. The largest absolute Gasteiger partial charge is 0.469 e. The summed E-state index contributed by atoms with van der Waals surface area (Å²) in [7, 11) is 1.42. The van der Waals surface area contributed by atoms with Crippen molar-refractivity contribution in [3.8, 4) is 0 Å². The highest BCUT2D eigenvalue weighted by Crippen LogP contribution is 2.10. The molecule has 0 aliphatic rings. The van der Waals surface area contributed by atoms with E-state index in [0.29, 0.717) is 18.5 Å². The fourth-order valence-electron chi connectivity index (χ4n) is 2.37. The monoisotopic (exact) mass is 479 g/mol. The maximum absolute atomic E-state index is 13.3. The number of carbonyl (C=O) groups is 1. The van der Waals surface area contributed by atoms with E-state index in [0.717, 1.165) is 50.3 Å². The van der Waals surface area contributed by atoms with E-state index in [-0.39, 0.29) is 35.8 Å². The molecule has 2 N–H and O–H groups in total. The van der Waals surface area contributed by atoms with E-state index in [1.54, 1.807) is 13.0 Å². The number of carbonyl (C=O) groups excluding carboxylic acids is 1. The third-order valence-corrected chi connectivity index (χ3v) is 3.81. The van der Waals surface area contributed by atoms with Crippen LogP contribution in [0.1, 0.15) is 50.2 Å². The van der Waals surface area contributed by atoms with Crippen molar-refractivity contribution < 1.29 is 13.9 Å². The molecule has 0 saturated heterocycles. The van der Waals surface area contributed by atoms with Crippen LogP contribution in [-0.2, 0) is 16.1 Å². The summed E-state index contributed by atoms with van der Waals surface area (Å²) in [6, 6.07) is 5.06. The van der Waals surface area contributed by atoms with Gasteiger partial charge < -0.3 is 15.4 Å². The predicted octanol–water partition coefficient (Wildman–Crippen LogP) is 3.93. The summed E-state index contributed by atoms with van der Waals surface area (Å²) in [5, 5.41) is 6.51. The predicted molar refractivity (Wildman–Crippen MR) is 114 cm³/mol. The van der Waals surface area contributed by atoms with Crippen LogP contribution < -0.4 is 10.6 Å². The van der Waals surface area contributed by atoms with Crippen molar-refractivity contribution in [3.63, 3.8) is 0 Å². The van der Waals surface area contributed by atoms with E-state index in [1.807, 2.05) is 13.0 Å². The van der Waals surface area contributed by atoms with E-state index in [2.05, 4.69) is 20.4 Å². The van der Waals surface area contributed by atoms with Crippen LogP contribution in [-0.4, -0.2) is 32.1 Å². The first-order chi connectivity index (χ1) is 12.1. The lowest BCUT2D eigenvalue weighted by Crippen LogP contribution is -2.37. The van der Waals surface area contributed by atoms with Crippen molar-refractivity contribution in [2.45, 2.75) is 52.5 Å². The number of ether oxygens (including phenoxy) is 1. The molecule has 0 bridgehead atoms. The number of esters is 1. The van der Waals surface area contributed by atoms with Crippen LogP contribution in [0.15, 0.2) is 23.2 Å². The molecule has 148 valence electrons. The van der Waals surface area contributed by atoms with E-state index in [9.17, 15) is 9.18 Å². The fraction of sp³-hybridized carbons (Fsp3) is 0.579. The number of guanidine groups is 1. The highest BCUT2D eigenvalue weighted by atomic mass is 127. The summed E-state index contributed by atoms with van der Waals surface area (Å²) < 4.78 is 17.9. The van der Waals surface area contributed by atoms with Gasteiger partial charge in [0.05, 0.1) is 13.7 Å². The number of unbranched alkanes of at least 4 members (excludes halogenated alkanes) is 3. The Hall–Kier alpha value is -1.38. The molecular formula is C19H31FIN3O2. The molecule has 26 heavy (non-hydrogen) atoms. The summed E-state index contributed by atoms with van der Waals surface area (Å²) >= 11 is 0. The second kappa shape index (κ2) is 14.8. The lowest BCUT2D eigenvalue weighted by atomic mass is 10.1. The minimum atomic E-state index is -0.190. The number of nitrogens with zero attached hydrogens (tertiary/aromatic N) is 1. The Morgan fingerprint density at radius 1 is 1.19 bits per heavy atom. The first kappa shape index (κ1) is 24.6. The molecule has 0 saturated carbocycles. The zero-order chi connectivity index (χ0) is 18.5. The van der Waals surface area contributed by atoms with E-state index in [4.69, 9.17) is 0 Å². The molecule has 0 radical (unpaired) electrons. The van der Waals surface area contributed by atoms with Gasteiger partial charge in [-0.25, -0.2) is 9.38 Å². The Morgan fingerprint density at radius 2 is 1.92 bits per heavy atom. The summed E-state index contributed by atoms with van der Waals surface area (Å²) in [6.45, 7) is 5.90. The maximum Gasteiger partial charge on any atom is 0.305 e. The number of hydrogen-bond donors (Lipinski definition) is 2. The van der Waals surface area contributed by atoms with Crippen LogP contribution in [0.2, 0.25) is 0 Å². The number of benzene rings is 1. The Morgan fingerprint density at radius 3 is 2.58 bits per heavy atom. The third kappa shape index (κ3) is 10.6. The highest BCUT2D eigenvalue weighted by molar-refractivity contribution is 14.0. The number of hydrogen-bond acceptors (Lipinski definition) is 3. The molecule has 0 aromatic heterocycles. The van der Waals surface area contributed by atoms with E-state index in [1.165, 1.54) is 13.2 Å². The van der Waals surface area contributed by atoms with Crippen LogP contribution in [0, 0.1) is 12.7 Å². The Bertz CT molecular complexity index is 568. The summed E-state index contributed by atoms with van der Waals surface area (Å²) in [5.74, 6) is 0.430. The first-order valence-corrected chi connectivity index (χ1v) is 8.90. The van der Waals surface area contributed by atoms with Gasteiger partial charge >= 0.3 is 5.97 Å². The van der Waals surface area contributed by atoms with Gasteiger partial charge in [0.1, 0.15) is 5.82 Å². The fourth-order valence-corrected chi connectivity index (χ4v) is 2.37. The molecule has 0 heterocycles. The van der Waals surface area contributed by atoms with E-state index >= 15 is 0 Å². The van der Waals surface area contributed by atoms with Gasteiger partial charge in [0, 0.05) is 19.5 Å². The average Bonchev–Trinajstić information content (AvgIpc) is 2.61. The SMILES string of the molecule is CCNC(=NCc1ccc(F)c(C)c1)NCCCCCCC(=O)OC.I. The molecule has 5 nitrogen and oxygen atoms in total. The molecular weight excluding hydrogens is 448 g/mol. The van der Waals surface area contributed by atoms with Gasteiger partial charge in [0.15, 0.2) is 5.96 Å². The lowest BCUT2D eigenvalue weighted by molar-refractivity contribution is -0.140. The lowest BCUT2D eigenvalue weighted by Gasteiger charge is -2.11. The van der Waals surface area contributed by atoms with E-state index < -0.39 is 0 Å².